The van der Waals surface area contributed by atoms with E-state index in [4.69, 9.17) is 0 Å². The van der Waals surface area contributed by atoms with E-state index in [1.165, 1.54) is 12.8 Å². The second kappa shape index (κ2) is 5.74. The number of benzene rings is 1. The van der Waals surface area contributed by atoms with Gasteiger partial charge < -0.3 is 10.0 Å². The van der Waals surface area contributed by atoms with Crippen molar-refractivity contribution >= 4 is 21.8 Å². The minimum Gasteiger partial charge on any atom is -0.507 e. The maximum Gasteiger partial charge on any atom is 0.257 e. The molecule has 1 aromatic carbocycles. The molecule has 1 atom stereocenters. The Bertz CT molecular complexity index is 521. The minimum absolute atomic E-state index is 0.0521. The summed E-state index contributed by atoms with van der Waals surface area (Å²) < 4.78 is 0.782. The van der Waals surface area contributed by atoms with Crippen LogP contribution < -0.4 is 0 Å². The highest BCUT2D eigenvalue weighted by molar-refractivity contribution is 9.10. The van der Waals surface area contributed by atoms with Gasteiger partial charge in [0, 0.05) is 30.1 Å². The Balaban J connectivity index is 1.79. The molecule has 0 bridgehead atoms. The van der Waals surface area contributed by atoms with Crippen molar-refractivity contribution in [2.24, 2.45) is 0 Å². The number of carbonyl (C=O) groups excluding carboxylic acids is 1. The van der Waals surface area contributed by atoms with Gasteiger partial charge in [-0.25, -0.2) is 0 Å². The second-order valence-corrected chi connectivity index (χ2v) is 6.51. The predicted molar refractivity (Wildman–Crippen MR) is 80.9 cm³/mol. The maximum atomic E-state index is 12.6. The standard InChI is InChI=1S/C15H19BrN2O2/c16-11-4-5-13(14(19)9-11)15(20)18-8-2-7-17-6-1-3-12(17)10-18/h4-5,9,12,19H,1-3,6-8,10H2. The van der Waals surface area contributed by atoms with Crippen LogP contribution in [0.2, 0.25) is 0 Å². The molecule has 2 fully saturated rings. The quantitative estimate of drug-likeness (QED) is 0.855. The normalized spacial score (nSPS) is 23.4. The van der Waals surface area contributed by atoms with E-state index in [1.807, 2.05) is 4.90 Å². The van der Waals surface area contributed by atoms with Crippen LogP contribution in [0.25, 0.3) is 0 Å². The van der Waals surface area contributed by atoms with Crippen LogP contribution in [-0.4, -0.2) is 53.0 Å². The number of aromatic hydroxyl groups is 1. The van der Waals surface area contributed by atoms with Gasteiger partial charge in [0.25, 0.3) is 5.91 Å². The second-order valence-electron chi connectivity index (χ2n) is 5.60. The summed E-state index contributed by atoms with van der Waals surface area (Å²) in [6.45, 7) is 3.81. The summed E-state index contributed by atoms with van der Waals surface area (Å²) in [5.41, 5.74) is 0.402. The molecule has 0 radical (unpaired) electrons. The molecule has 4 nitrogen and oxygen atoms in total. The van der Waals surface area contributed by atoms with E-state index in [1.54, 1.807) is 18.2 Å². The molecule has 108 valence electrons. The van der Waals surface area contributed by atoms with Crippen molar-refractivity contribution in [3.63, 3.8) is 0 Å². The van der Waals surface area contributed by atoms with Gasteiger partial charge in [0.05, 0.1) is 5.56 Å². The Hall–Kier alpha value is -1.07. The van der Waals surface area contributed by atoms with E-state index in [0.717, 1.165) is 37.1 Å². The first-order valence-electron chi connectivity index (χ1n) is 7.17. The number of phenolic OH excluding ortho intramolecular Hbond substituents is 1. The summed E-state index contributed by atoms with van der Waals surface area (Å²) in [6, 6.07) is 5.57. The molecule has 0 aromatic heterocycles. The van der Waals surface area contributed by atoms with Gasteiger partial charge in [-0.15, -0.1) is 0 Å². The first kappa shape index (κ1) is 13.9. The number of amides is 1. The highest BCUT2D eigenvalue weighted by Gasteiger charge is 2.31. The third-order valence-corrected chi connectivity index (χ3v) is 4.77. The van der Waals surface area contributed by atoms with Crippen molar-refractivity contribution in [3.05, 3.63) is 28.2 Å². The van der Waals surface area contributed by atoms with Crippen LogP contribution in [0.3, 0.4) is 0 Å². The highest BCUT2D eigenvalue weighted by atomic mass is 79.9. The average molecular weight is 339 g/mol. The fraction of sp³-hybridized carbons (Fsp3) is 0.533. The molecule has 2 aliphatic heterocycles. The molecule has 0 aliphatic carbocycles. The molecule has 20 heavy (non-hydrogen) atoms. The van der Waals surface area contributed by atoms with E-state index in [2.05, 4.69) is 20.8 Å². The molecule has 0 saturated carbocycles. The summed E-state index contributed by atoms with van der Waals surface area (Å²) in [7, 11) is 0. The molecule has 1 amide bonds. The first-order valence-corrected chi connectivity index (χ1v) is 7.96. The number of hydrogen-bond donors (Lipinski definition) is 1. The van der Waals surface area contributed by atoms with Gasteiger partial charge in [-0.1, -0.05) is 15.9 Å². The minimum atomic E-state index is -0.0521. The van der Waals surface area contributed by atoms with Gasteiger partial charge in [-0.2, -0.15) is 0 Å². The van der Waals surface area contributed by atoms with Gasteiger partial charge in [0.1, 0.15) is 5.75 Å². The molecular formula is C15H19BrN2O2. The van der Waals surface area contributed by atoms with Gasteiger partial charge in [0.2, 0.25) is 0 Å². The van der Waals surface area contributed by atoms with Crippen LogP contribution in [-0.2, 0) is 0 Å². The van der Waals surface area contributed by atoms with Gasteiger partial charge in [-0.05, 0) is 44.0 Å². The van der Waals surface area contributed by atoms with E-state index in [0.29, 0.717) is 11.6 Å². The molecule has 1 aromatic rings. The molecule has 1 unspecified atom stereocenters. The van der Waals surface area contributed by atoms with Gasteiger partial charge >= 0.3 is 0 Å². The zero-order valence-corrected chi connectivity index (χ0v) is 13.0. The number of phenols is 1. The molecule has 2 aliphatic rings. The van der Waals surface area contributed by atoms with Crippen LogP contribution in [0.1, 0.15) is 29.6 Å². The van der Waals surface area contributed by atoms with Crippen molar-refractivity contribution in [3.8, 4) is 5.75 Å². The summed E-state index contributed by atoms with van der Waals surface area (Å²) in [5, 5.41) is 9.96. The third kappa shape index (κ3) is 2.69. The maximum absolute atomic E-state index is 12.6. The topological polar surface area (TPSA) is 43.8 Å². The zero-order chi connectivity index (χ0) is 14.1. The van der Waals surface area contributed by atoms with E-state index >= 15 is 0 Å². The Morgan fingerprint density at radius 3 is 2.85 bits per heavy atom. The first-order chi connectivity index (χ1) is 9.65. The summed E-state index contributed by atoms with van der Waals surface area (Å²) in [5.74, 6) is 0.000602. The van der Waals surface area contributed by atoms with Crippen molar-refractivity contribution < 1.29 is 9.90 Å². The van der Waals surface area contributed by atoms with E-state index in [-0.39, 0.29) is 11.7 Å². The summed E-state index contributed by atoms with van der Waals surface area (Å²) >= 11 is 3.30. The average Bonchev–Trinajstić information content (AvgIpc) is 2.75. The lowest BCUT2D eigenvalue weighted by Crippen LogP contribution is -2.39. The van der Waals surface area contributed by atoms with Crippen LogP contribution in [0.5, 0.6) is 5.75 Å². The highest BCUT2D eigenvalue weighted by Crippen LogP contribution is 2.26. The predicted octanol–water partition coefficient (Wildman–Crippen LogP) is 2.47. The van der Waals surface area contributed by atoms with E-state index in [9.17, 15) is 9.90 Å². The van der Waals surface area contributed by atoms with Crippen molar-refractivity contribution in [1.29, 1.82) is 0 Å². The molecule has 0 spiro atoms. The van der Waals surface area contributed by atoms with Crippen LogP contribution in [0, 0.1) is 0 Å². The van der Waals surface area contributed by atoms with E-state index < -0.39 is 0 Å². The van der Waals surface area contributed by atoms with Crippen molar-refractivity contribution in [1.82, 2.24) is 9.80 Å². The van der Waals surface area contributed by atoms with Crippen LogP contribution in [0.15, 0.2) is 22.7 Å². The smallest absolute Gasteiger partial charge is 0.257 e. The largest absolute Gasteiger partial charge is 0.507 e. The Morgan fingerprint density at radius 2 is 2.05 bits per heavy atom. The fourth-order valence-corrected chi connectivity index (χ4v) is 3.60. The summed E-state index contributed by atoms with van der Waals surface area (Å²) in [4.78, 5) is 17.0. The molecule has 1 N–H and O–H groups in total. The number of carbonyl (C=O) groups is 1. The molecule has 2 heterocycles. The summed E-state index contributed by atoms with van der Waals surface area (Å²) in [6.07, 6.45) is 3.42. The third-order valence-electron chi connectivity index (χ3n) is 4.28. The number of halogens is 1. The van der Waals surface area contributed by atoms with Crippen molar-refractivity contribution in [2.75, 3.05) is 26.2 Å². The van der Waals surface area contributed by atoms with Crippen LogP contribution >= 0.6 is 15.9 Å². The number of hydrogen-bond acceptors (Lipinski definition) is 3. The molecule has 3 rings (SSSR count). The Labute approximate surface area is 127 Å². The monoisotopic (exact) mass is 338 g/mol. The van der Waals surface area contributed by atoms with Crippen LogP contribution in [0.4, 0.5) is 0 Å². The SMILES string of the molecule is O=C(c1ccc(Br)cc1O)N1CCCN2CCCC2C1. The molecule has 5 heteroatoms. The van der Waals surface area contributed by atoms with Crippen molar-refractivity contribution in [2.45, 2.75) is 25.3 Å². The lowest BCUT2D eigenvalue weighted by molar-refractivity contribution is 0.0740. The lowest BCUT2D eigenvalue weighted by Gasteiger charge is -2.26. The number of nitrogens with zero attached hydrogens (tertiary/aromatic N) is 2. The molecule has 2 saturated heterocycles. The van der Waals surface area contributed by atoms with Gasteiger partial charge in [0.15, 0.2) is 0 Å². The molecular weight excluding hydrogens is 320 g/mol. The van der Waals surface area contributed by atoms with Gasteiger partial charge in [-0.3, -0.25) is 9.69 Å². The number of fused-ring (bicyclic) bond motifs is 1. The lowest BCUT2D eigenvalue weighted by atomic mass is 10.1. The Kier molecular flexibility index (Phi) is 3.98. The fourth-order valence-electron chi connectivity index (χ4n) is 3.25. The zero-order valence-electron chi connectivity index (χ0n) is 11.4. The number of rotatable bonds is 1. The Morgan fingerprint density at radius 1 is 1.25 bits per heavy atom.